The first kappa shape index (κ1) is 17.9. The number of hydrogen-bond donors (Lipinski definition) is 0. The highest BCUT2D eigenvalue weighted by atomic mass is 79.9. The van der Waals surface area contributed by atoms with E-state index in [9.17, 15) is 4.79 Å². The molecule has 0 radical (unpaired) electrons. The highest BCUT2D eigenvalue weighted by molar-refractivity contribution is 9.10. The number of thioether (sulfide) groups is 1. The van der Waals surface area contributed by atoms with Gasteiger partial charge in [-0.1, -0.05) is 63.2 Å². The number of nitrogens with zero attached hydrogens (tertiary/aromatic N) is 4. The van der Waals surface area contributed by atoms with Gasteiger partial charge in [-0.2, -0.15) is 4.98 Å². The van der Waals surface area contributed by atoms with Gasteiger partial charge in [0.1, 0.15) is 0 Å². The molecule has 27 heavy (non-hydrogen) atoms. The molecule has 0 amide bonds. The molecule has 0 aliphatic heterocycles. The number of benzene rings is 2. The normalized spacial score (nSPS) is 11.2. The van der Waals surface area contributed by atoms with Crippen LogP contribution in [0.5, 0.6) is 0 Å². The fourth-order valence-electron chi connectivity index (χ4n) is 2.71. The van der Waals surface area contributed by atoms with Crippen LogP contribution in [0.3, 0.4) is 0 Å². The van der Waals surface area contributed by atoms with Gasteiger partial charge in [0.15, 0.2) is 5.16 Å². The van der Waals surface area contributed by atoms with E-state index < -0.39 is 0 Å². The minimum absolute atomic E-state index is 0.0539. The van der Waals surface area contributed by atoms with Crippen LogP contribution in [0.1, 0.15) is 12.8 Å². The van der Waals surface area contributed by atoms with E-state index in [0.717, 1.165) is 10.0 Å². The van der Waals surface area contributed by atoms with Crippen LogP contribution in [-0.4, -0.2) is 19.7 Å². The summed E-state index contributed by atoms with van der Waals surface area (Å²) in [7, 11) is 0. The third kappa shape index (κ3) is 3.68. The lowest BCUT2D eigenvalue weighted by Gasteiger charge is -2.10. The van der Waals surface area contributed by atoms with Crippen LogP contribution < -0.4 is 5.56 Å². The second-order valence-corrected chi connectivity index (χ2v) is 7.63. The maximum absolute atomic E-state index is 12.8. The van der Waals surface area contributed by atoms with Crippen LogP contribution in [0.2, 0.25) is 0 Å². The monoisotopic (exact) mass is 442 g/mol. The zero-order valence-corrected chi connectivity index (χ0v) is 16.8. The zero-order chi connectivity index (χ0) is 18.8. The molecule has 0 aliphatic carbocycles. The highest BCUT2D eigenvalue weighted by Crippen LogP contribution is 2.24. The standard InChI is InChI=1S/C19H15BrN4O2S/c1-2-24-18(25)14-10-13(20)8-9-15(14)21-19(24)27-11-16-22-17(23-26-16)12-6-4-3-5-7-12/h3-10H,2,11H2,1H3. The molecule has 0 atom stereocenters. The number of halogens is 1. The summed E-state index contributed by atoms with van der Waals surface area (Å²) in [5, 5.41) is 5.26. The molecule has 4 rings (SSSR count). The summed E-state index contributed by atoms with van der Waals surface area (Å²) in [6, 6.07) is 15.2. The number of fused-ring (bicyclic) bond motifs is 1. The van der Waals surface area contributed by atoms with Gasteiger partial charge in [-0.25, -0.2) is 4.98 Å². The van der Waals surface area contributed by atoms with E-state index in [0.29, 0.717) is 40.1 Å². The van der Waals surface area contributed by atoms with Crippen LogP contribution >= 0.6 is 27.7 Å². The summed E-state index contributed by atoms with van der Waals surface area (Å²) >= 11 is 4.82. The van der Waals surface area contributed by atoms with Gasteiger partial charge < -0.3 is 4.52 Å². The Morgan fingerprint density at radius 3 is 2.74 bits per heavy atom. The zero-order valence-electron chi connectivity index (χ0n) is 14.4. The van der Waals surface area contributed by atoms with Crippen molar-refractivity contribution in [1.29, 1.82) is 0 Å². The topological polar surface area (TPSA) is 73.8 Å². The van der Waals surface area contributed by atoms with Crippen molar-refractivity contribution in [2.75, 3.05) is 0 Å². The van der Waals surface area contributed by atoms with Crippen molar-refractivity contribution in [3.05, 3.63) is 69.2 Å². The molecular weight excluding hydrogens is 428 g/mol. The van der Waals surface area contributed by atoms with Crippen molar-refractivity contribution in [2.24, 2.45) is 0 Å². The molecule has 0 unspecified atom stereocenters. The summed E-state index contributed by atoms with van der Waals surface area (Å²) in [6.07, 6.45) is 0. The summed E-state index contributed by atoms with van der Waals surface area (Å²) in [4.78, 5) is 21.8. The minimum atomic E-state index is -0.0539. The van der Waals surface area contributed by atoms with E-state index >= 15 is 0 Å². The van der Waals surface area contributed by atoms with Crippen LogP contribution in [0.4, 0.5) is 0 Å². The predicted octanol–water partition coefficient (Wildman–Crippen LogP) is 4.52. The quantitative estimate of drug-likeness (QED) is 0.334. The predicted molar refractivity (Wildman–Crippen MR) is 109 cm³/mol. The average Bonchev–Trinajstić information content (AvgIpc) is 3.17. The molecule has 136 valence electrons. The lowest BCUT2D eigenvalue weighted by molar-refractivity contribution is 0.391. The van der Waals surface area contributed by atoms with Gasteiger partial charge in [0.05, 0.1) is 16.7 Å². The Morgan fingerprint density at radius 1 is 1.15 bits per heavy atom. The first-order chi connectivity index (χ1) is 13.2. The molecule has 0 bridgehead atoms. The van der Waals surface area contributed by atoms with Crippen molar-refractivity contribution < 1.29 is 4.52 Å². The van der Waals surface area contributed by atoms with Gasteiger partial charge in [-0.05, 0) is 25.1 Å². The Hall–Kier alpha value is -2.45. The average molecular weight is 443 g/mol. The highest BCUT2D eigenvalue weighted by Gasteiger charge is 2.14. The molecule has 0 aliphatic rings. The van der Waals surface area contributed by atoms with Crippen LogP contribution in [0.15, 0.2) is 67.5 Å². The van der Waals surface area contributed by atoms with Crippen LogP contribution in [-0.2, 0) is 12.3 Å². The Morgan fingerprint density at radius 2 is 1.96 bits per heavy atom. The molecule has 2 aromatic carbocycles. The van der Waals surface area contributed by atoms with Gasteiger partial charge in [0.25, 0.3) is 5.56 Å². The molecule has 0 spiro atoms. The lowest BCUT2D eigenvalue weighted by Crippen LogP contribution is -2.22. The second-order valence-electron chi connectivity index (χ2n) is 5.77. The Kier molecular flexibility index (Phi) is 5.09. The van der Waals surface area contributed by atoms with Gasteiger partial charge >= 0.3 is 0 Å². The molecule has 8 heteroatoms. The number of aromatic nitrogens is 4. The van der Waals surface area contributed by atoms with Gasteiger partial charge in [0, 0.05) is 16.6 Å². The third-order valence-corrected chi connectivity index (χ3v) is 5.48. The third-order valence-electron chi connectivity index (χ3n) is 4.02. The van der Waals surface area contributed by atoms with Crippen molar-refractivity contribution in [2.45, 2.75) is 24.4 Å². The number of hydrogen-bond acceptors (Lipinski definition) is 6. The fraction of sp³-hybridized carbons (Fsp3) is 0.158. The van der Waals surface area contributed by atoms with Crippen molar-refractivity contribution in [1.82, 2.24) is 19.7 Å². The maximum Gasteiger partial charge on any atom is 0.262 e. The molecular formula is C19H15BrN4O2S. The first-order valence-corrected chi connectivity index (χ1v) is 10.1. The summed E-state index contributed by atoms with van der Waals surface area (Å²) in [5.41, 5.74) is 1.52. The van der Waals surface area contributed by atoms with Crippen LogP contribution in [0.25, 0.3) is 22.3 Å². The maximum atomic E-state index is 12.8. The SMILES string of the molecule is CCn1c(SCc2nc(-c3ccccc3)no2)nc2ccc(Br)cc2c1=O. The van der Waals surface area contributed by atoms with Crippen LogP contribution in [0, 0.1) is 0 Å². The van der Waals surface area contributed by atoms with E-state index in [1.165, 1.54) is 11.8 Å². The summed E-state index contributed by atoms with van der Waals surface area (Å²) in [5.74, 6) is 1.48. The first-order valence-electron chi connectivity index (χ1n) is 8.36. The van der Waals surface area contributed by atoms with Gasteiger partial charge in [-0.15, -0.1) is 0 Å². The van der Waals surface area contributed by atoms with E-state index in [1.807, 2.05) is 49.4 Å². The molecule has 6 nitrogen and oxygen atoms in total. The summed E-state index contributed by atoms with van der Waals surface area (Å²) in [6.45, 7) is 2.47. The Bertz CT molecular complexity index is 1160. The van der Waals surface area contributed by atoms with Crippen molar-refractivity contribution >= 4 is 38.6 Å². The van der Waals surface area contributed by atoms with Gasteiger partial charge in [-0.3, -0.25) is 9.36 Å². The fourth-order valence-corrected chi connectivity index (χ4v) is 3.97. The van der Waals surface area contributed by atoms with E-state index in [4.69, 9.17) is 4.52 Å². The van der Waals surface area contributed by atoms with E-state index in [-0.39, 0.29) is 5.56 Å². The largest absolute Gasteiger partial charge is 0.338 e. The molecule has 0 saturated heterocycles. The Balaban J connectivity index is 1.62. The smallest absolute Gasteiger partial charge is 0.262 e. The Labute approximate surface area is 167 Å². The molecule has 0 fully saturated rings. The molecule has 4 aromatic rings. The molecule has 0 saturated carbocycles. The molecule has 2 heterocycles. The molecule has 0 N–H and O–H groups in total. The number of rotatable bonds is 5. The second kappa shape index (κ2) is 7.66. The lowest BCUT2D eigenvalue weighted by atomic mass is 10.2. The van der Waals surface area contributed by atoms with Crippen molar-refractivity contribution in [3.63, 3.8) is 0 Å². The molecule has 2 aromatic heterocycles. The minimum Gasteiger partial charge on any atom is -0.338 e. The van der Waals surface area contributed by atoms with Crippen molar-refractivity contribution in [3.8, 4) is 11.4 Å². The van der Waals surface area contributed by atoms with E-state index in [2.05, 4.69) is 31.1 Å². The van der Waals surface area contributed by atoms with E-state index in [1.54, 1.807) is 10.6 Å². The van der Waals surface area contributed by atoms with Gasteiger partial charge in [0.2, 0.25) is 11.7 Å². The summed E-state index contributed by atoms with van der Waals surface area (Å²) < 4.78 is 7.86.